The predicted octanol–water partition coefficient (Wildman–Crippen LogP) is 3.80. The number of fused-ring (bicyclic) bond motifs is 1. The lowest BCUT2D eigenvalue weighted by molar-refractivity contribution is 0.407. The molecule has 0 aromatic heterocycles. The van der Waals surface area contributed by atoms with Gasteiger partial charge in [0.05, 0.1) is 5.69 Å². The molecule has 5 heteroatoms. The van der Waals surface area contributed by atoms with Crippen molar-refractivity contribution in [3.63, 3.8) is 0 Å². The Labute approximate surface area is 106 Å². The van der Waals surface area contributed by atoms with Gasteiger partial charge in [-0.3, -0.25) is 0 Å². The van der Waals surface area contributed by atoms with Crippen LogP contribution in [-0.4, -0.2) is 6.54 Å². The van der Waals surface area contributed by atoms with Crippen molar-refractivity contribution < 1.29 is 17.6 Å². The summed E-state index contributed by atoms with van der Waals surface area (Å²) in [5.41, 5.74) is 0.283. The lowest BCUT2D eigenvalue weighted by atomic mass is 9.92. The molecule has 1 unspecified atom stereocenters. The highest BCUT2D eigenvalue weighted by Crippen LogP contribution is 2.41. The third-order valence-corrected chi connectivity index (χ3v) is 3.34. The standard InChI is InChI=1S/C14H9F4N/c15-10-9-8(7-4-2-1-3-5-7)6-19-14(9)13(18)12(17)11(10)16/h1-5,8,19H,6H2. The zero-order chi connectivity index (χ0) is 13.6. The number of halogens is 4. The van der Waals surface area contributed by atoms with E-state index in [-0.39, 0.29) is 17.8 Å². The number of anilines is 1. The number of benzene rings is 2. The second-order valence-electron chi connectivity index (χ2n) is 4.39. The van der Waals surface area contributed by atoms with Gasteiger partial charge < -0.3 is 5.32 Å². The average Bonchev–Trinajstić information content (AvgIpc) is 2.88. The molecule has 0 saturated heterocycles. The summed E-state index contributed by atoms with van der Waals surface area (Å²) in [7, 11) is 0. The van der Waals surface area contributed by atoms with E-state index in [0.717, 1.165) is 5.56 Å². The minimum absolute atomic E-state index is 0.150. The van der Waals surface area contributed by atoms with Crippen LogP contribution in [0.3, 0.4) is 0 Å². The van der Waals surface area contributed by atoms with Crippen molar-refractivity contribution in [1.82, 2.24) is 0 Å². The maximum atomic E-state index is 13.9. The monoisotopic (exact) mass is 267 g/mol. The van der Waals surface area contributed by atoms with Crippen LogP contribution in [0.2, 0.25) is 0 Å². The van der Waals surface area contributed by atoms with E-state index < -0.39 is 29.2 Å². The zero-order valence-corrected chi connectivity index (χ0v) is 9.68. The Balaban J connectivity index is 2.21. The third kappa shape index (κ3) is 1.69. The van der Waals surface area contributed by atoms with Crippen molar-refractivity contribution in [1.29, 1.82) is 0 Å². The van der Waals surface area contributed by atoms with Gasteiger partial charge in [0.25, 0.3) is 0 Å². The van der Waals surface area contributed by atoms with Gasteiger partial charge in [-0.1, -0.05) is 30.3 Å². The van der Waals surface area contributed by atoms with Crippen LogP contribution in [0.25, 0.3) is 0 Å². The molecule has 0 aliphatic carbocycles. The zero-order valence-electron chi connectivity index (χ0n) is 9.68. The fourth-order valence-electron chi connectivity index (χ4n) is 2.42. The summed E-state index contributed by atoms with van der Waals surface area (Å²) < 4.78 is 53.9. The highest BCUT2D eigenvalue weighted by Gasteiger charge is 2.34. The SMILES string of the molecule is Fc1c(F)c(F)c2c(c1F)NCC2c1ccccc1. The first kappa shape index (κ1) is 12.0. The van der Waals surface area contributed by atoms with Gasteiger partial charge in [-0.05, 0) is 5.56 Å². The summed E-state index contributed by atoms with van der Waals surface area (Å²) in [5, 5.41) is 2.60. The van der Waals surface area contributed by atoms with Crippen molar-refractivity contribution in [2.45, 2.75) is 5.92 Å². The Hall–Kier alpha value is -2.04. The molecule has 1 aliphatic heterocycles. The van der Waals surface area contributed by atoms with Crippen molar-refractivity contribution in [2.24, 2.45) is 0 Å². The fourth-order valence-corrected chi connectivity index (χ4v) is 2.42. The van der Waals surface area contributed by atoms with Gasteiger partial charge in [-0.25, -0.2) is 17.6 Å². The molecule has 0 spiro atoms. The van der Waals surface area contributed by atoms with Gasteiger partial charge >= 0.3 is 0 Å². The number of hydrogen-bond donors (Lipinski definition) is 1. The molecular formula is C14H9F4N. The minimum Gasteiger partial charge on any atom is -0.381 e. The van der Waals surface area contributed by atoms with E-state index >= 15 is 0 Å². The lowest BCUT2D eigenvalue weighted by Crippen LogP contribution is -2.06. The molecule has 1 atom stereocenters. The van der Waals surface area contributed by atoms with E-state index in [2.05, 4.69) is 5.32 Å². The maximum absolute atomic E-state index is 13.9. The Morgan fingerprint density at radius 1 is 0.842 bits per heavy atom. The summed E-state index contributed by atoms with van der Waals surface area (Å²) in [4.78, 5) is 0. The van der Waals surface area contributed by atoms with Crippen molar-refractivity contribution in [2.75, 3.05) is 11.9 Å². The molecular weight excluding hydrogens is 258 g/mol. The van der Waals surface area contributed by atoms with Crippen LogP contribution in [0, 0.1) is 23.3 Å². The van der Waals surface area contributed by atoms with Crippen molar-refractivity contribution >= 4 is 5.69 Å². The molecule has 1 aliphatic rings. The molecule has 1 heterocycles. The first-order chi connectivity index (χ1) is 9.11. The predicted molar refractivity (Wildman–Crippen MR) is 63.0 cm³/mol. The van der Waals surface area contributed by atoms with Crippen LogP contribution >= 0.6 is 0 Å². The quantitative estimate of drug-likeness (QED) is 0.471. The van der Waals surface area contributed by atoms with Gasteiger partial charge in [-0.15, -0.1) is 0 Å². The summed E-state index contributed by atoms with van der Waals surface area (Å²) in [6, 6.07) is 8.76. The lowest BCUT2D eigenvalue weighted by Gasteiger charge is -2.12. The number of hydrogen-bond acceptors (Lipinski definition) is 1. The van der Waals surface area contributed by atoms with Crippen LogP contribution in [0.4, 0.5) is 23.2 Å². The molecule has 19 heavy (non-hydrogen) atoms. The van der Waals surface area contributed by atoms with E-state index in [1.807, 2.05) is 0 Å². The highest BCUT2D eigenvalue weighted by molar-refractivity contribution is 5.62. The summed E-state index contributed by atoms with van der Waals surface area (Å²) in [6.07, 6.45) is 0. The van der Waals surface area contributed by atoms with E-state index in [4.69, 9.17) is 0 Å². The number of rotatable bonds is 1. The van der Waals surface area contributed by atoms with E-state index in [0.29, 0.717) is 0 Å². The second kappa shape index (κ2) is 4.26. The molecule has 1 N–H and O–H groups in total. The molecule has 98 valence electrons. The number of nitrogens with one attached hydrogen (secondary N) is 1. The average molecular weight is 267 g/mol. The van der Waals surface area contributed by atoms with Crippen LogP contribution in [0.1, 0.15) is 17.0 Å². The highest BCUT2D eigenvalue weighted by atomic mass is 19.2. The van der Waals surface area contributed by atoms with E-state index in [1.54, 1.807) is 30.3 Å². The Morgan fingerprint density at radius 3 is 2.16 bits per heavy atom. The van der Waals surface area contributed by atoms with E-state index in [1.165, 1.54) is 0 Å². The molecule has 0 fully saturated rings. The molecule has 0 radical (unpaired) electrons. The second-order valence-corrected chi connectivity index (χ2v) is 4.39. The largest absolute Gasteiger partial charge is 0.381 e. The van der Waals surface area contributed by atoms with Gasteiger partial charge in [0.1, 0.15) is 0 Å². The van der Waals surface area contributed by atoms with Gasteiger partial charge in [0.2, 0.25) is 0 Å². The molecule has 0 bridgehead atoms. The smallest absolute Gasteiger partial charge is 0.199 e. The maximum Gasteiger partial charge on any atom is 0.199 e. The Morgan fingerprint density at radius 2 is 1.47 bits per heavy atom. The van der Waals surface area contributed by atoms with Crippen molar-refractivity contribution in [3.8, 4) is 0 Å². The van der Waals surface area contributed by atoms with Gasteiger partial charge in [-0.2, -0.15) is 0 Å². The molecule has 1 nitrogen and oxygen atoms in total. The first-order valence-corrected chi connectivity index (χ1v) is 5.76. The fraction of sp³-hybridized carbons (Fsp3) is 0.143. The summed E-state index contributed by atoms with van der Waals surface area (Å²) in [6.45, 7) is 0.204. The minimum atomic E-state index is -1.78. The van der Waals surface area contributed by atoms with Crippen LogP contribution in [0.5, 0.6) is 0 Å². The summed E-state index contributed by atoms with van der Waals surface area (Å²) >= 11 is 0. The van der Waals surface area contributed by atoms with Gasteiger partial charge in [0.15, 0.2) is 23.3 Å². The summed E-state index contributed by atoms with van der Waals surface area (Å²) in [5.74, 6) is -6.76. The van der Waals surface area contributed by atoms with Crippen LogP contribution < -0.4 is 5.32 Å². The molecule has 0 saturated carbocycles. The molecule has 0 amide bonds. The van der Waals surface area contributed by atoms with Crippen LogP contribution in [0.15, 0.2) is 30.3 Å². The first-order valence-electron chi connectivity index (χ1n) is 5.76. The molecule has 3 rings (SSSR count). The van der Waals surface area contributed by atoms with Crippen LogP contribution in [-0.2, 0) is 0 Å². The van der Waals surface area contributed by atoms with Crippen molar-refractivity contribution in [3.05, 3.63) is 64.7 Å². The topological polar surface area (TPSA) is 12.0 Å². The van der Waals surface area contributed by atoms with E-state index in [9.17, 15) is 17.6 Å². The van der Waals surface area contributed by atoms with Gasteiger partial charge in [0, 0.05) is 18.0 Å². The third-order valence-electron chi connectivity index (χ3n) is 3.34. The normalized spacial score (nSPS) is 17.2. The molecule has 2 aromatic rings. The Bertz CT molecular complexity index is 640. The Kier molecular flexibility index (Phi) is 2.69. The molecule has 2 aromatic carbocycles.